The maximum Gasteiger partial charge on any atom is 0.253 e. The number of nitrogens with one attached hydrogen (secondary N) is 2. The Labute approximate surface area is 110 Å². The molecule has 2 rings (SSSR count). The Morgan fingerprint density at radius 1 is 1.37 bits per heavy atom. The summed E-state index contributed by atoms with van der Waals surface area (Å²) in [7, 11) is 0. The molecule has 0 radical (unpaired) electrons. The molecule has 0 aliphatic heterocycles. The number of hydrazine groups is 1. The summed E-state index contributed by atoms with van der Waals surface area (Å²) in [6.07, 6.45) is 9.28. The Kier molecular flexibility index (Phi) is 4.46. The van der Waals surface area contributed by atoms with Gasteiger partial charge in [-0.1, -0.05) is 0 Å². The van der Waals surface area contributed by atoms with Crippen LogP contribution in [0.3, 0.4) is 0 Å². The van der Waals surface area contributed by atoms with E-state index in [0.717, 1.165) is 13.0 Å². The molecule has 0 aromatic carbocycles. The van der Waals surface area contributed by atoms with Crippen LogP contribution >= 0.6 is 0 Å². The van der Waals surface area contributed by atoms with E-state index in [2.05, 4.69) is 20.7 Å². The predicted molar refractivity (Wildman–Crippen MR) is 71.2 cm³/mol. The summed E-state index contributed by atoms with van der Waals surface area (Å²) in [6, 6.07) is 1.63. The largest absolute Gasteiger partial charge is 0.352 e. The number of hydrogen-bond acceptors (Lipinski definition) is 5. The highest BCUT2D eigenvalue weighted by atomic mass is 16.1. The zero-order chi connectivity index (χ0) is 13.5. The van der Waals surface area contributed by atoms with Gasteiger partial charge in [0.2, 0.25) is 0 Å². The number of nitrogens with zero attached hydrogens (tertiary/aromatic N) is 3. The molecule has 1 amide bonds. The monoisotopic (exact) mass is 260 g/mol. The minimum atomic E-state index is -0.166. The molecular weight excluding hydrogens is 244 g/mol. The first-order valence-corrected chi connectivity index (χ1v) is 5.96. The summed E-state index contributed by atoms with van der Waals surface area (Å²) in [5.74, 6) is 5.16. The second-order valence-corrected chi connectivity index (χ2v) is 3.98. The van der Waals surface area contributed by atoms with E-state index in [4.69, 9.17) is 5.84 Å². The predicted octanol–water partition coefficient (Wildman–Crippen LogP) is 0.384. The lowest BCUT2D eigenvalue weighted by Crippen LogP contribution is -2.26. The van der Waals surface area contributed by atoms with Crippen LogP contribution in [0.5, 0.6) is 0 Å². The number of amides is 1. The van der Waals surface area contributed by atoms with Crippen molar-refractivity contribution in [3.05, 3.63) is 42.7 Å². The average molecular weight is 260 g/mol. The first-order valence-electron chi connectivity index (χ1n) is 5.96. The molecule has 0 aliphatic rings. The SMILES string of the molecule is NNc1cnccc1C(=O)NCCCn1ccnc1. The number of aromatic nitrogens is 3. The molecule has 0 spiro atoms. The number of carbonyl (C=O) groups excluding carboxylic acids is 1. The van der Waals surface area contributed by atoms with Gasteiger partial charge in [0.25, 0.3) is 5.91 Å². The van der Waals surface area contributed by atoms with Crippen LogP contribution < -0.4 is 16.6 Å². The Balaban J connectivity index is 1.81. The van der Waals surface area contributed by atoms with E-state index in [1.54, 1.807) is 24.8 Å². The molecule has 4 N–H and O–H groups in total. The van der Waals surface area contributed by atoms with Crippen LogP contribution in [0.2, 0.25) is 0 Å². The number of hydrogen-bond donors (Lipinski definition) is 3. The molecule has 19 heavy (non-hydrogen) atoms. The van der Waals surface area contributed by atoms with Gasteiger partial charge in [-0.2, -0.15) is 0 Å². The van der Waals surface area contributed by atoms with E-state index in [1.807, 2.05) is 10.8 Å². The van der Waals surface area contributed by atoms with Gasteiger partial charge in [-0.25, -0.2) is 4.98 Å². The van der Waals surface area contributed by atoms with Crippen molar-refractivity contribution in [2.75, 3.05) is 12.0 Å². The van der Waals surface area contributed by atoms with Crippen LogP contribution in [0.1, 0.15) is 16.8 Å². The smallest absolute Gasteiger partial charge is 0.253 e. The van der Waals surface area contributed by atoms with Crippen LogP contribution in [-0.2, 0) is 6.54 Å². The molecule has 0 atom stereocenters. The molecule has 0 saturated heterocycles. The van der Waals surface area contributed by atoms with Gasteiger partial charge in [0.05, 0.1) is 23.8 Å². The molecule has 2 heterocycles. The highest BCUT2D eigenvalue weighted by Gasteiger charge is 2.09. The van der Waals surface area contributed by atoms with Gasteiger partial charge in [-0.3, -0.25) is 15.6 Å². The highest BCUT2D eigenvalue weighted by molar-refractivity contribution is 5.99. The molecule has 0 saturated carbocycles. The van der Waals surface area contributed by atoms with E-state index < -0.39 is 0 Å². The van der Waals surface area contributed by atoms with Gasteiger partial charge in [-0.15, -0.1) is 0 Å². The second-order valence-electron chi connectivity index (χ2n) is 3.98. The number of imidazole rings is 1. The van der Waals surface area contributed by atoms with Crippen LogP contribution in [0.25, 0.3) is 0 Å². The fraction of sp³-hybridized carbons (Fsp3) is 0.250. The van der Waals surface area contributed by atoms with E-state index in [0.29, 0.717) is 17.8 Å². The second kappa shape index (κ2) is 6.50. The maximum absolute atomic E-state index is 11.9. The number of pyridine rings is 1. The van der Waals surface area contributed by atoms with Crippen molar-refractivity contribution in [1.29, 1.82) is 0 Å². The maximum atomic E-state index is 11.9. The standard InChI is InChI=1S/C12H16N6O/c13-17-11-8-14-4-2-10(11)12(19)16-3-1-6-18-7-5-15-9-18/h2,4-5,7-9,17H,1,3,6,13H2,(H,16,19). The van der Waals surface area contributed by atoms with Crippen molar-refractivity contribution < 1.29 is 4.79 Å². The number of aryl methyl sites for hydroxylation is 1. The number of nitrogens with two attached hydrogens (primary N) is 1. The summed E-state index contributed by atoms with van der Waals surface area (Å²) in [4.78, 5) is 19.8. The number of rotatable bonds is 6. The fourth-order valence-electron chi connectivity index (χ4n) is 1.69. The fourth-order valence-corrected chi connectivity index (χ4v) is 1.69. The number of anilines is 1. The minimum absolute atomic E-state index is 0.166. The van der Waals surface area contributed by atoms with Crippen LogP contribution in [0, 0.1) is 0 Å². The Bertz CT molecular complexity index is 525. The quantitative estimate of drug-likeness (QED) is 0.396. The third kappa shape index (κ3) is 3.52. The van der Waals surface area contributed by atoms with Crippen molar-refractivity contribution in [2.24, 2.45) is 5.84 Å². The van der Waals surface area contributed by atoms with Gasteiger partial charge in [0.1, 0.15) is 0 Å². The molecule has 7 heteroatoms. The first-order chi connectivity index (χ1) is 9.31. The Morgan fingerprint density at radius 3 is 3.00 bits per heavy atom. The molecule has 0 aliphatic carbocycles. The third-order valence-corrected chi connectivity index (χ3v) is 2.66. The molecule has 7 nitrogen and oxygen atoms in total. The van der Waals surface area contributed by atoms with Crippen molar-refractivity contribution in [2.45, 2.75) is 13.0 Å². The normalized spacial score (nSPS) is 10.2. The van der Waals surface area contributed by atoms with Crippen molar-refractivity contribution >= 4 is 11.6 Å². The molecule has 2 aromatic rings. The van der Waals surface area contributed by atoms with Crippen LogP contribution in [-0.4, -0.2) is 27.0 Å². The van der Waals surface area contributed by atoms with Gasteiger partial charge in [-0.05, 0) is 12.5 Å². The molecular formula is C12H16N6O. The van der Waals surface area contributed by atoms with Crippen molar-refractivity contribution in [1.82, 2.24) is 19.9 Å². The highest BCUT2D eigenvalue weighted by Crippen LogP contribution is 2.11. The lowest BCUT2D eigenvalue weighted by Gasteiger charge is -2.09. The van der Waals surface area contributed by atoms with E-state index >= 15 is 0 Å². The number of carbonyl (C=O) groups is 1. The number of nitrogen functional groups attached to an aromatic ring is 1. The summed E-state index contributed by atoms with van der Waals surface area (Å²) in [6.45, 7) is 1.40. The summed E-state index contributed by atoms with van der Waals surface area (Å²) in [5, 5.41) is 2.84. The van der Waals surface area contributed by atoms with Crippen LogP contribution in [0.4, 0.5) is 5.69 Å². The molecule has 2 aromatic heterocycles. The van der Waals surface area contributed by atoms with Gasteiger partial charge in [0, 0.05) is 31.7 Å². The third-order valence-electron chi connectivity index (χ3n) is 2.66. The zero-order valence-electron chi connectivity index (χ0n) is 10.4. The van der Waals surface area contributed by atoms with E-state index in [1.165, 1.54) is 6.20 Å². The lowest BCUT2D eigenvalue weighted by molar-refractivity contribution is 0.0953. The summed E-state index contributed by atoms with van der Waals surface area (Å²) < 4.78 is 1.96. The lowest BCUT2D eigenvalue weighted by atomic mass is 10.2. The van der Waals surface area contributed by atoms with E-state index in [-0.39, 0.29) is 5.91 Å². The summed E-state index contributed by atoms with van der Waals surface area (Å²) in [5.41, 5.74) is 3.45. The Morgan fingerprint density at radius 2 is 2.26 bits per heavy atom. The zero-order valence-corrected chi connectivity index (χ0v) is 10.4. The average Bonchev–Trinajstić information content (AvgIpc) is 2.96. The van der Waals surface area contributed by atoms with Crippen molar-refractivity contribution in [3.8, 4) is 0 Å². The molecule has 100 valence electrons. The van der Waals surface area contributed by atoms with Gasteiger partial charge < -0.3 is 15.3 Å². The van der Waals surface area contributed by atoms with Gasteiger partial charge in [0.15, 0.2) is 0 Å². The molecule has 0 unspecified atom stereocenters. The first kappa shape index (κ1) is 13.0. The van der Waals surface area contributed by atoms with E-state index in [9.17, 15) is 4.79 Å². The van der Waals surface area contributed by atoms with Crippen LogP contribution in [0.15, 0.2) is 37.2 Å². The Hall–Kier alpha value is -2.41. The minimum Gasteiger partial charge on any atom is -0.352 e. The molecule has 0 bridgehead atoms. The van der Waals surface area contributed by atoms with Gasteiger partial charge >= 0.3 is 0 Å². The van der Waals surface area contributed by atoms with Crippen molar-refractivity contribution in [3.63, 3.8) is 0 Å². The molecule has 0 fully saturated rings. The topological polar surface area (TPSA) is 97.9 Å². The summed E-state index contributed by atoms with van der Waals surface area (Å²) >= 11 is 0.